The predicted molar refractivity (Wildman–Crippen MR) is 126 cm³/mol. The zero-order valence-electron chi connectivity index (χ0n) is 18.4. The third-order valence-corrected chi connectivity index (χ3v) is 5.34. The zero-order valence-corrected chi connectivity index (χ0v) is 18.4. The summed E-state index contributed by atoms with van der Waals surface area (Å²) in [7, 11) is 0. The van der Waals surface area contributed by atoms with E-state index in [1.807, 2.05) is 0 Å². The number of hydrogen-bond donors (Lipinski definition) is 0. The van der Waals surface area contributed by atoms with Crippen molar-refractivity contribution in [2.45, 2.75) is 79.1 Å². The third-order valence-electron chi connectivity index (χ3n) is 5.34. The molecule has 0 heteroatoms. The van der Waals surface area contributed by atoms with Gasteiger partial charge in [0.1, 0.15) is 0 Å². The van der Waals surface area contributed by atoms with Gasteiger partial charge in [-0.25, -0.2) is 0 Å². The van der Waals surface area contributed by atoms with E-state index in [0.717, 1.165) is 12.8 Å². The highest BCUT2D eigenvalue weighted by Crippen LogP contribution is 2.38. The maximum absolute atomic E-state index is 2.32. The van der Waals surface area contributed by atoms with Crippen molar-refractivity contribution in [1.29, 1.82) is 0 Å². The van der Waals surface area contributed by atoms with Gasteiger partial charge in [0, 0.05) is 0 Å². The summed E-state index contributed by atoms with van der Waals surface area (Å²) in [6.45, 7) is 9.25. The van der Waals surface area contributed by atoms with Gasteiger partial charge in [-0.05, 0) is 59.1 Å². The minimum Gasteiger partial charge on any atom is -0.0651 e. The van der Waals surface area contributed by atoms with Crippen LogP contribution < -0.4 is 0 Å². The molecular formula is C28H38. The molecule has 0 saturated heterocycles. The Hall–Kier alpha value is -2.08. The molecule has 0 aromatic heterocycles. The Bertz CT molecular complexity index is 680. The molecule has 0 radical (unpaired) electrons. The highest BCUT2D eigenvalue weighted by molar-refractivity contribution is 5.80. The molecule has 150 valence electrons. The second-order valence-corrected chi connectivity index (χ2v) is 7.65. The van der Waals surface area contributed by atoms with Crippen molar-refractivity contribution in [3.63, 3.8) is 0 Å². The molecule has 2 aromatic rings. The second-order valence-electron chi connectivity index (χ2n) is 7.65. The standard InChI is InChI=1S/C28H38/c1-5-15-25(23-19-11-9-12-20-23)27(17-7-3)28(18-8-4)26(16-6-2)24-21-13-10-14-22-24/h9-14,19-22H,5-8,15-18H2,1-4H3/b27-25+,28-26+. The van der Waals surface area contributed by atoms with Crippen LogP contribution in [0.15, 0.2) is 71.8 Å². The molecule has 0 aliphatic rings. The molecule has 0 aliphatic heterocycles. The van der Waals surface area contributed by atoms with Crippen molar-refractivity contribution in [3.8, 4) is 0 Å². The Morgan fingerprint density at radius 2 is 0.786 bits per heavy atom. The lowest BCUT2D eigenvalue weighted by atomic mass is 9.82. The van der Waals surface area contributed by atoms with E-state index in [4.69, 9.17) is 0 Å². The topological polar surface area (TPSA) is 0 Å². The molecule has 0 fully saturated rings. The molecule has 0 saturated carbocycles. The second kappa shape index (κ2) is 12.4. The summed E-state index contributed by atoms with van der Waals surface area (Å²) < 4.78 is 0. The van der Waals surface area contributed by atoms with Gasteiger partial charge < -0.3 is 0 Å². The monoisotopic (exact) mass is 374 g/mol. The maximum atomic E-state index is 2.32. The molecule has 0 heterocycles. The Labute approximate surface area is 173 Å². The summed E-state index contributed by atoms with van der Waals surface area (Å²) in [5, 5.41) is 0. The molecule has 2 aromatic carbocycles. The van der Waals surface area contributed by atoms with E-state index in [-0.39, 0.29) is 0 Å². The van der Waals surface area contributed by atoms with E-state index >= 15 is 0 Å². The Morgan fingerprint density at radius 3 is 1.07 bits per heavy atom. The van der Waals surface area contributed by atoms with Gasteiger partial charge in [-0.1, -0.05) is 114 Å². The highest BCUT2D eigenvalue weighted by Gasteiger charge is 2.17. The van der Waals surface area contributed by atoms with Crippen LogP contribution in [0.25, 0.3) is 11.1 Å². The van der Waals surface area contributed by atoms with Gasteiger partial charge in [0.15, 0.2) is 0 Å². The van der Waals surface area contributed by atoms with Crippen LogP contribution in [0, 0.1) is 0 Å². The maximum Gasteiger partial charge on any atom is -0.0222 e. The fraction of sp³-hybridized carbons (Fsp3) is 0.429. The average Bonchev–Trinajstić information content (AvgIpc) is 2.74. The lowest BCUT2D eigenvalue weighted by molar-refractivity contribution is 0.836. The molecule has 0 spiro atoms. The van der Waals surface area contributed by atoms with Crippen LogP contribution in [-0.2, 0) is 0 Å². The molecule has 0 amide bonds. The molecule has 0 N–H and O–H groups in total. The summed E-state index contributed by atoms with van der Waals surface area (Å²) in [4.78, 5) is 0. The fourth-order valence-electron chi connectivity index (χ4n) is 4.19. The minimum atomic E-state index is 1.15. The zero-order chi connectivity index (χ0) is 20.2. The molecule has 0 bridgehead atoms. The number of benzene rings is 2. The molecule has 0 unspecified atom stereocenters. The van der Waals surface area contributed by atoms with Crippen molar-refractivity contribution in [3.05, 3.63) is 82.9 Å². The number of allylic oxidation sites excluding steroid dienone is 4. The van der Waals surface area contributed by atoms with E-state index in [9.17, 15) is 0 Å². The van der Waals surface area contributed by atoms with Crippen molar-refractivity contribution in [2.24, 2.45) is 0 Å². The van der Waals surface area contributed by atoms with E-state index in [0.29, 0.717) is 0 Å². The van der Waals surface area contributed by atoms with E-state index in [2.05, 4.69) is 88.4 Å². The van der Waals surface area contributed by atoms with Gasteiger partial charge >= 0.3 is 0 Å². The Morgan fingerprint density at radius 1 is 0.464 bits per heavy atom. The smallest absolute Gasteiger partial charge is 0.0222 e. The molecule has 0 aliphatic carbocycles. The highest BCUT2D eigenvalue weighted by atomic mass is 14.2. The fourth-order valence-corrected chi connectivity index (χ4v) is 4.19. The van der Waals surface area contributed by atoms with Crippen molar-refractivity contribution < 1.29 is 0 Å². The lowest BCUT2D eigenvalue weighted by Crippen LogP contribution is -2.02. The van der Waals surface area contributed by atoms with Gasteiger partial charge in [0.2, 0.25) is 0 Å². The van der Waals surface area contributed by atoms with Crippen molar-refractivity contribution in [1.82, 2.24) is 0 Å². The number of rotatable bonds is 11. The summed E-state index contributed by atoms with van der Waals surface area (Å²) in [5.41, 5.74) is 9.18. The van der Waals surface area contributed by atoms with Crippen LogP contribution in [0.3, 0.4) is 0 Å². The SMILES string of the molecule is CCCC(/C(CCC)=C(\CCC)c1ccccc1)=C(/CCC)c1ccccc1. The van der Waals surface area contributed by atoms with Gasteiger partial charge in [0.05, 0.1) is 0 Å². The average molecular weight is 375 g/mol. The van der Waals surface area contributed by atoms with Crippen LogP contribution in [-0.4, -0.2) is 0 Å². The summed E-state index contributed by atoms with van der Waals surface area (Å²) in [6, 6.07) is 22.2. The van der Waals surface area contributed by atoms with Gasteiger partial charge in [-0.3, -0.25) is 0 Å². The first kappa shape index (κ1) is 22.2. The predicted octanol–water partition coefficient (Wildman–Crippen LogP) is 9.09. The van der Waals surface area contributed by atoms with Crippen LogP contribution in [0.5, 0.6) is 0 Å². The van der Waals surface area contributed by atoms with Crippen LogP contribution in [0.1, 0.15) is 90.2 Å². The van der Waals surface area contributed by atoms with Crippen LogP contribution >= 0.6 is 0 Å². The summed E-state index contributed by atoms with van der Waals surface area (Å²) >= 11 is 0. The third kappa shape index (κ3) is 5.96. The quantitative estimate of drug-likeness (QED) is 0.344. The number of hydrogen-bond acceptors (Lipinski definition) is 0. The van der Waals surface area contributed by atoms with Gasteiger partial charge in [-0.2, -0.15) is 0 Å². The van der Waals surface area contributed by atoms with Gasteiger partial charge in [-0.15, -0.1) is 0 Å². The largest absolute Gasteiger partial charge is 0.0651 e. The van der Waals surface area contributed by atoms with E-state index < -0.39 is 0 Å². The van der Waals surface area contributed by atoms with Gasteiger partial charge in [0.25, 0.3) is 0 Å². The molecule has 0 atom stereocenters. The summed E-state index contributed by atoms with van der Waals surface area (Å²) in [5.74, 6) is 0. The van der Waals surface area contributed by atoms with E-state index in [1.165, 1.54) is 49.7 Å². The minimum absolute atomic E-state index is 1.15. The molecular weight excluding hydrogens is 336 g/mol. The van der Waals surface area contributed by atoms with Crippen molar-refractivity contribution in [2.75, 3.05) is 0 Å². The van der Waals surface area contributed by atoms with Crippen LogP contribution in [0.4, 0.5) is 0 Å². The summed E-state index contributed by atoms with van der Waals surface area (Å²) in [6.07, 6.45) is 9.39. The van der Waals surface area contributed by atoms with E-state index in [1.54, 1.807) is 22.3 Å². The Balaban J connectivity index is 2.77. The lowest BCUT2D eigenvalue weighted by Gasteiger charge is -2.23. The molecule has 28 heavy (non-hydrogen) atoms. The Kier molecular flexibility index (Phi) is 9.83. The first-order valence-corrected chi connectivity index (χ1v) is 11.3. The molecule has 0 nitrogen and oxygen atoms in total. The first-order chi connectivity index (χ1) is 13.8. The first-order valence-electron chi connectivity index (χ1n) is 11.3. The van der Waals surface area contributed by atoms with Crippen LogP contribution in [0.2, 0.25) is 0 Å². The molecule has 2 rings (SSSR count). The normalized spacial score (nSPS) is 13.1. The van der Waals surface area contributed by atoms with Crippen molar-refractivity contribution >= 4 is 11.1 Å².